The topological polar surface area (TPSA) is 78.5 Å². The quantitative estimate of drug-likeness (QED) is 0.892. The number of nitrogens with one attached hydrogen (secondary N) is 1. The predicted molar refractivity (Wildman–Crippen MR) is 92.1 cm³/mol. The monoisotopic (exact) mass is 342 g/mol. The summed E-state index contributed by atoms with van der Waals surface area (Å²) in [5.74, 6) is -0.0781. The third-order valence-corrected chi connectivity index (χ3v) is 5.05. The number of likely N-dealkylation sites (tertiary alicyclic amines) is 1. The third-order valence-electron chi connectivity index (χ3n) is 5.05. The molecule has 0 bridgehead atoms. The molecule has 2 saturated heterocycles. The Morgan fingerprint density at radius 3 is 2.76 bits per heavy atom. The Bertz CT molecular complexity index is 781. The number of morpholine rings is 1. The van der Waals surface area contributed by atoms with Crippen molar-refractivity contribution < 1.29 is 14.3 Å². The number of carbonyl (C=O) groups excluding carboxylic acids is 2. The van der Waals surface area contributed by atoms with Crippen molar-refractivity contribution in [2.24, 2.45) is 5.92 Å². The van der Waals surface area contributed by atoms with Gasteiger partial charge in [0.15, 0.2) is 5.69 Å². The molecule has 2 amide bonds. The number of piperidine rings is 1. The van der Waals surface area contributed by atoms with E-state index >= 15 is 0 Å². The van der Waals surface area contributed by atoms with Crippen molar-refractivity contribution in [1.82, 2.24) is 20.0 Å². The number of rotatable bonds is 2. The Kier molecular flexibility index (Phi) is 4.40. The molecule has 0 saturated carbocycles. The molecule has 1 N–H and O–H groups in total. The van der Waals surface area contributed by atoms with Crippen molar-refractivity contribution in [3.8, 4) is 0 Å². The van der Waals surface area contributed by atoms with Crippen LogP contribution in [0.4, 0.5) is 0 Å². The van der Waals surface area contributed by atoms with Crippen LogP contribution in [0.15, 0.2) is 24.3 Å². The molecule has 4 rings (SSSR count). The second-order valence-corrected chi connectivity index (χ2v) is 6.65. The molecule has 1 aromatic heterocycles. The van der Waals surface area contributed by atoms with Gasteiger partial charge in [-0.3, -0.25) is 14.7 Å². The fraction of sp³-hybridized carbons (Fsp3) is 0.500. The van der Waals surface area contributed by atoms with Crippen molar-refractivity contribution in [2.75, 3.05) is 39.4 Å². The Morgan fingerprint density at radius 2 is 1.92 bits per heavy atom. The Hall–Kier alpha value is -2.41. The van der Waals surface area contributed by atoms with Crippen LogP contribution in [0.2, 0.25) is 0 Å². The number of nitrogens with zero attached hydrogens (tertiary/aromatic N) is 3. The standard InChI is InChI=1S/C18H22N4O3/c23-17(21-8-10-25-11-9-21)13-4-3-7-22(12-13)18(24)16-14-5-1-2-6-15(14)19-20-16/h1-2,5-6,13H,3-4,7-12H2,(H,19,20)/t13-/m0/s1. The molecule has 3 heterocycles. The van der Waals surface area contributed by atoms with E-state index < -0.39 is 0 Å². The van der Waals surface area contributed by atoms with E-state index in [1.807, 2.05) is 29.2 Å². The first-order chi connectivity index (χ1) is 12.2. The largest absolute Gasteiger partial charge is 0.378 e. The number of para-hydroxylation sites is 1. The molecule has 0 spiro atoms. The molecule has 25 heavy (non-hydrogen) atoms. The Balaban J connectivity index is 1.49. The van der Waals surface area contributed by atoms with Crippen molar-refractivity contribution in [3.63, 3.8) is 0 Å². The van der Waals surface area contributed by atoms with Gasteiger partial charge in [0.05, 0.1) is 24.6 Å². The molecular weight excluding hydrogens is 320 g/mol. The summed E-state index contributed by atoms with van der Waals surface area (Å²) in [6, 6.07) is 7.61. The van der Waals surface area contributed by atoms with Crippen molar-refractivity contribution in [3.05, 3.63) is 30.0 Å². The SMILES string of the molecule is O=C(c1n[nH]c2ccccc12)N1CCC[C@H](C(=O)N2CCOCC2)C1. The number of carbonyl (C=O) groups is 2. The van der Waals surface area contributed by atoms with Crippen LogP contribution in [-0.4, -0.2) is 71.2 Å². The first-order valence-electron chi connectivity index (χ1n) is 8.83. The van der Waals surface area contributed by atoms with Gasteiger partial charge in [-0.2, -0.15) is 5.10 Å². The van der Waals surface area contributed by atoms with Crippen molar-refractivity contribution >= 4 is 22.7 Å². The lowest BCUT2D eigenvalue weighted by Crippen LogP contribution is -2.49. The summed E-state index contributed by atoms with van der Waals surface area (Å²) < 4.78 is 5.32. The van der Waals surface area contributed by atoms with Gasteiger partial charge in [0.2, 0.25) is 5.91 Å². The molecule has 2 fully saturated rings. The lowest BCUT2D eigenvalue weighted by atomic mass is 9.96. The minimum Gasteiger partial charge on any atom is -0.378 e. The van der Waals surface area contributed by atoms with Crippen LogP contribution in [0, 0.1) is 5.92 Å². The summed E-state index contributed by atoms with van der Waals surface area (Å²) in [7, 11) is 0. The number of hydrogen-bond donors (Lipinski definition) is 1. The van der Waals surface area contributed by atoms with Crippen LogP contribution >= 0.6 is 0 Å². The molecule has 0 aliphatic carbocycles. The van der Waals surface area contributed by atoms with E-state index in [1.54, 1.807) is 4.90 Å². The second kappa shape index (κ2) is 6.84. The molecule has 0 radical (unpaired) electrons. The molecule has 1 atom stereocenters. The van der Waals surface area contributed by atoms with Crippen molar-refractivity contribution in [2.45, 2.75) is 12.8 Å². The summed E-state index contributed by atoms with van der Waals surface area (Å²) in [6.45, 7) is 3.63. The molecule has 7 nitrogen and oxygen atoms in total. The maximum absolute atomic E-state index is 12.9. The molecule has 2 aliphatic heterocycles. The number of hydrogen-bond acceptors (Lipinski definition) is 4. The highest BCUT2D eigenvalue weighted by molar-refractivity contribution is 6.04. The fourth-order valence-electron chi connectivity index (χ4n) is 3.68. The van der Waals surface area contributed by atoms with E-state index in [-0.39, 0.29) is 17.7 Å². The molecule has 2 aliphatic rings. The minimum atomic E-state index is -0.124. The summed E-state index contributed by atoms with van der Waals surface area (Å²) in [5, 5.41) is 7.94. The van der Waals surface area contributed by atoms with E-state index in [2.05, 4.69) is 10.2 Å². The maximum atomic E-state index is 12.9. The molecule has 1 aromatic carbocycles. The van der Waals surface area contributed by atoms with E-state index in [9.17, 15) is 9.59 Å². The van der Waals surface area contributed by atoms with Gasteiger partial charge >= 0.3 is 0 Å². The number of benzene rings is 1. The molecule has 7 heteroatoms. The van der Waals surface area contributed by atoms with Crippen LogP contribution in [0.1, 0.15) is 23.3 Å². The van der Waals surface area contributed by atoms with Gasteiger partial charge < -0.3 is 14.5 Å². The van der Waals surface area contributed by atoms with Crippen LogP contribution < -0.4 is 0 Å². The zero-order valence-electron chi connectivity index (χ0n) is 14.1. The van der Waals surface area contributed by atoms with E-state index in [0.717, 1.165) is 23.7 Å². The third kappa shape index (κ3) is 3.11. The number of amides is 2. The molecule has 0 unspecified atom stereocenters. The van der Waals surface area contributed by atoms with E-state index in [0.29, 0.717) is 45.1 Å². The van der Waals surface area contributed by atoms with Crippen LogP contribution in [0.3, 0.4) is 0 Å². The molecule has 132 valence electrons. The number of aromatic amines is 1. The zero-order chi connectivity index (χ0) is 17.2. The molecule has 2 aromatic rings. The van der Waals surface area contributed by atoms with E-state index in [4.69, 9.17) is 4.74 Å². The second-order valence-electron chi connectivity index (χ2n) is 6.65. The lowest BCUT2D eigenvalue weighted by molar-refractivity contribution is -0.141. The highest BCUT2D eigenvalue weighted by Crippen LogP contribution is 2.23. The van der Waals surface area contributed by atoms with Gasteiger partial charge in [-0.25, -0.2) is 0 Å². The average Bonchev–Trinajstić information content (AvgIpc) is 3.12. The Morgan fingerprint density at radius 1 is 1.12 bits per heavy atom. The normalized spacial score (nSPS) is 21.5. The fourth-order valence-corrected chi connectivity index (χ4v) is 3.68. The van der Waals surface area contributed by atoms with E-state index in [1.165, 1.54) is 0 Å². The molecular formula is C18H22N4O3. The Labute approximate surface area is 145 Å². The van der Waals surface area contributed by atoms with Crippen LogP contribution in [-0.2, 0) is 9.53 Å². The highest BCUT2D eigenvalue weighted by Gasteiger charge is 2.33. The number of fused-ring (bicyclic) bond motifs is 1. The summed E-state index contributed by atoms with van der Waals surface area (Å²) >= 11 is 0. The maximum Gasteiger partial charge on any atom is 0.275 e. The summed E-state index contributed by atoms with van der Waals surface area (Å²) in [5.41, 5.74) is 1.29. The summed E-state index contributed by atoms with van der Waals surface area (Å²) in [6.07, 6.45) is 1.68. The lowest BCUT2D eigenvalue weighted by Gasteiger charge is -2.36. The van der Waals surface area contributed by atoms with Gasteiger partial charge in [0.25, 0.3) is 5.91 Å². The van der Waals surface area contributed by atoms with Crippen LogP contribution in [0.5, 0.6) is 0 Å². The first kappa shape index (κ1) is 16.1. The minimum absolute atomic E-state index is 0.100. The van der Waals surface area contributed by atoms with Crippen molar-refractivity contribution in [1.29, 1.82) is 0 Å². The zero-order valence-corrected chi connectivity index (χ0v) is 14.1. The van der Waals surface area contributed by atoms with Crippen LogP contribution in [0.25, 0.3) is 10.9 Å². The number of H-pyrrole nitrogens is 1. The van der Waals surface area contributed by atoms with Gasteiger partial charge in [0, 0.05) is 31.6 Å². The first-order valence-corrected chi connectivity index (χ1v) is 8.83. The smallest absolute Gasteiger partial charge is 0.275 e. The van der Waals surface area contributed by atoms with Gasteiger partial charge in [0.1, 0.15) is 0 Å². The predicted octanol–water partition coefficient (Wildman–Crippen LogP) is 1.27. The number of ether oxygens (including phenoxy) is 1. The highest BCUT2D eigenvalue weighted by atomic mass is 16.5. The van der Waals surface area contributed by atoms with Gasteiger partial charge in [-0.15, -0.1) is 0 Å². The summed E-state index contributed by atoms with van der Waals surface area (Å²) in [4.78, 5) is 29.3. The van der Waals surface area contributed by atoms with Gasteiger partial charge in [-0.05, 0) is 18.9 Å². The number of aromatic nitrogens is 2. The average molecular weight is 342 g/mol. The van der Waals surface area contributed by atoms with Gasteiger partial charge in [-0.1, -0.05) is 18.2 Å².